The van der Waals surface area contributed by atoms with Crippen molar-refractivity contribution < 1.29 is 30.7 Å². The molecule has 0 aliphatic carbocycles. The lowest BCUT2D eigenvalue weighted by atomic mass is 10.0. The average Bonchev–Trinajstić information content (AvgIpc) is 2.00. The van der Waals surface area contributed by atoms with Crippen molar-refractivity contribution in [3.05, 3.63) is 0 Å². The molecule has 0 rings (SSSR count). The lowest BCUT2D eigenvalue weighted by Gasteiger charge is -2.24. The summed E-state index contributed by atoms with van der Waals surface area (Å²) in [5.41, 5.74) is 0. The highest BCUT2D eigenvalue weighted by molar-refractivity contribution is 4.86. The van der Waals surface area contributed by atoms with Crippen LogP contribution in [0.15, 0.2) is 0 Å². The van der Waals surface area contributed by atoms with Crippen LogP contribution in [0.5, 0.6) is 0 Å². The maximum atomic E-state index is 12.5. The van der Waals surface area contributed by atoms with Crippen LogP contribution in [-0.2, 0) is 0 Å². The number of alkyl halides is 7. The first-order valence-corrected chi connectivity index (χ1v) is 3.85. The SMILES string of the molecule is CCCC(F)(F)C(F)[C@H](F)C(F)(F)F. The summed E-state index contributed by atoms with van der Waals surface area (Å²) in [7, 11) is 0. The van der Waals surface area contributed by atoms with Crippen molar-refractivity contribution in [1.82, 2.24) is 0 Å². The topological polar surface area (TPSA) is 0 Å². The molecule has 0 aliphatic rings. The van der Waals surface area contributed by atoms with Crippen molar-refractivity contribution in [1.29, 1.82) is 0 Å². The number of halogens is 7. The smallest absolute Gasteiger partial charge is 0.237 e. The molecule has 0 aliphatic heterocycles. The van der Waals surface area contributed by atoms with E-state index in [0.29, 0.717) is 0 Å². The van der Waals surface area contributed by atoms with Gasteiger partial charge < -0.3 is 0 Å². The zero-order valence-corrected chi connectivity index (χ0v) is 7.21. The Morgan fingerprint density at radius 1 is 0.929 bits per heavy atom. The van der Waals surface area contributed by atoms with Gasteiger partial charge in [0.15, 0.2) is 0 Å². The number of hydrogen-bond donors (Lipinski definition) is 0. The summed E-state index contributed by atoms with van der Waals surface area (Å²) < 4.78 is 84.1. The van der Waals surface area contributed by atoms with Gasteiger partial charge in [-0.1, -0.05) is 13.3 Å². The molecule has 1 unspecified atom stereocenters. The first kappa shape index (κ1) is 13.5. The van der Waals surface area contributed by atoms with E-state index in [4.69, 9.17) is 0 Å². The van der Waals surface area contributed by atoms with Crippen LogP contribution in [0.1, 0.15) is 19.8 Å². The van der Waals surface area contributed by atoms with Gasteiger partial charge >= 0.3 is 6.18 Å². The third kappa shape index (κ3) is 3.34. The van der Waals surface area contributed by atoms with Crippen LogP contribution in [0.3, 0.4) is 0 Å². The molecule has 0 bridgehead atoms. The molecule has 0 fully saturated rings. The van der Waals surface area contributed by atoms with Crippen LogP contribution in [0, 0.1) is 0 Å². The Morgan fingerprint density at radius 3 is 1.64 bits per heavy atom. The molecule has 0 nitrogen and oxygen atoms in total. The van der Waals surface area contributed by atoms with Crippen LogP contribution in [0.25, 0.3) is 0 Å². The third-order valence-corrected chi connectivity index (χ3v) is 1.56. The van der Waals surface area contributed by atoms with E-state index in [1.807, 2.05) is 0 Å². The van der Waals surface area contributed by atoms with Crippen LogP contribution < -0.4 is 0 Å². The minimum Gasteiger partial charge on any atom is -0.237 e. The van der Waals surface area contributed by atoms with E-state index >= 15 is 0 Å². The van der Waals surface area contributed by atoms with E-state index < -0.39 is 30.9 Å². The van der Waals surface area contributed by atoms with E-state index in [2.05, 4.69) is 0 Å². The Kier molecular flexibility index (Phi) is 4.20. The maximum Gasteiger partial charge on any atom is 0.422 e. The van der Waals surface area contributed by atoms with Crippen LogP contribution in [0.4, 0.5) is 30.7 Å². The molecule has 0 aromatic rings. The van der Waals surface area contributed by atoms with Crippen LogP contribution in [-0.4, -0.2) is 24.4 Å². The predicted molar refractivity (Wildman–Crippen MR) is 35.7 cm³/mol. The molecule has 86 valence electrons. The first-order valence-electron chi connectivity index (χ1n) is 3.85. The van der Waals surface area contributed by atoms with Gasteiger partial charge in [0.05, 0.1) is 0 Å². The Balaban J connectivity index is 4.52. The van der Waals surface area contributed by atoms with Crippen molar-refractivity contribution >= 4 is 0 Å². The summed E-state index contributed by atoms with van der Waals surface area (Å²) in [4.78, 5) is 0. The monoisotopic (exact) mass is 226 g/mol. The Morgan fingerprint density at radius 2 is 1.36 bits per heavy atom. The molecule has 0 spiro atoms. The number of hydrogen-bond acceptors (Lipinski definition) is 0. The Hall–Kier alpha value is -0.490. The molecule has 0 saturated carbocycles. The fourth-order valence-corrected chi connectivity index (χ4v) is 0.851. The van der Waals surface area contributed by atoms with Gasteiger partial charge in [0.1, 0.15) is 0 Å². The maximum absolute atomic E-state index is 12.5. The molecular weight excluding hydrogens is 217 g/mol. The van der Waals surface area contributed by atoms with Crippen molar-refractivity contribution in [2.45, 2.75) is 44.2 Å². The van der Waals surface area contributed by atoms with Gasteiger partial charge in [0.2, 0.25) is 12.3 Å². The highest BCUT2D eigenvalue weighted by Gasteiger charge is 2.55. The molecule has 0 heterocycles. The average molecular weight is 226 g/mol. The Bertz CT molecular complexity index is 173. The molecule has 0 aromatic carbocycles. The lowest BCUT2D eigenvalue weighted by Crippen LogP contribution is -2.44. The normalized spacial score (nSPS) is 18.0. The summed E-state index contributed by atoms with van der Waals surface area (Å²) in [6.45, 7) is 1.24. The van der Waals surface area contributed by atoms with E-state index in [0.717, 1.165) is 0 Å². The highest BCUT2D eigenvalue weighted by atomic mass is 19.4. The van der Waals surface area contributed by atoms with Gasteiger partial charge in [-0.05, 0) is 0 Å². The number of rotatable bonds is 4. The molecule has 2 atom stereocenters. The van der Waals surface area contributed by atoms with Crippen molar-refractivity contribution in [2.75, 3.05) is 0 Å². The second-order valence-corrected chi connectivity index (χ2v) is 2.86. The van der Waals surface area contributed by atoms with Crippen molar-refractivity contribution in [3.8, 4) is 0 Å². The summed E-state index contributed by atoms with van der Waals surface area (Å²) in [6, 6.07) is 0. The van der Waals surface area contributed by atoms with Gasteiger partial charge in [-0.3, -0.25) is 0 Å². The van der Waals surface area contributed by atoms with E-state index in [1.165, 1.54) is 6.92 Å². The molecule has 0 saturated heterocycles. The standard InChI is InChI=1S/C7H9F7/c1-2-3-6(10,11)4(8)5(9)7(12,13)14/h4-5H,2-3H2,1H3/t4?,5-/m0/s1. The zero-order valence-electron chi connectivity index (χ0n) is 7.21. The predicted octanol–water partition coefficient (Wildman–Crippen LogP) is 3.66. The van der Waals surface area contributed by atoms with E-state index in [-0.39, 0.29) is 6.42 Å². The van der Waals surface area contributed by atoms with Gasteiger partial charge in [-0.15, -0.1) is 0 Å². The first-order chi connectivity index (χ1) is 6.13. The van der Waals surface area contributed by atoms with Crippen molar-refractivity contribution in [3.63, 3.8) is 0 Å². The largest absolute Gasteiger partial charge is 0.422 e. The van der Waals surface area contributed by atoms with Crippen molar-refractivity contribution in [2.24, 2.45) is 0 Å². The molecule has 0 radical (unpaired) electrons. The summed E-state index contributed by atoms with van der Waals surface area (Å²) >= 11 is 0. The summed E-state index contributed by atoms with van der Waals surface area (Å²) in [5, 5.41) is 0. The third-order valence-electron chi connectivity index (χ3n) is 1.56. The van der Waals surface area contributed by atoms with Gasteiger partial charge in [-0.25, -0.2) is 17.6 Å². The lowest BCUT2D eigenvalue weighted by molar-refractivity contribution is -0.227. The minimum absolute atomic E-state index is 0.224. The Labute approximate surface area is 76.1 Å². The molecule has 0 N–H and O–H groups in total. The summed E-state index contributed by atoms with van der Waals surface area (Å²) in [6.07, 6.45) is -14.9. The van der Waals surface area contributed by atoms with Crippen LogP contribution in [0.2, 0.25) is 0 Å². The molecule has 0 amide bonds. The van der Waals surface area contributed by atoms with E-state index in [1.54, 1.807) is 0 Å². The summed E-state index contributed by atoms with van der Waals surface area (Å²) in [5.74, 6) is -4.27. The van der Waals surface area contributed by atoms with Gasteiger partial charge in [0.25, 0.3) is 5.92 Å². The highest BCUT2D eigenvalue weighted by Crippen LogP contribution is 2.36. The van der Waals surface area contributed by atoms with Gasteiger partial charge in [0, 0.05) is 6.42 Å². The minimum atomic E-state index is -5.59. The molecular formula is C7H9F7. The molecule has 7 heteroatoms. The van der Waals surface area contributed by atoms with Crippen LogP contribution >= 0.6 is 0 Å². The van der Waals surface area contributed by atoms with E-state index in [9.17, 15) is 30.7 Å². The zero-order chi connectivity index (χ0) is 11.6. The fourth-order valence-electron chi connectivity index (χ4n) is 0.851. The fraction of sp³-hybridized carbons (Fsp3) is 1.00. The molecule has 0 aromatic heterocycles. The van der Waals surface area contributed by atoms with Gasteiger partial charge in [-0.2, -0.15) is 13.2 Å². The molecule has 14 heavy (non-hydrogen) atoms. The second-order valence-electron chi connectivity index (χ2n) is 2.86. The second kappa shape index (κ2) is 4.35. The quantitative estimate of drug-likeness (QED) is 0.641.